The molecule has 4 aromatic rings. The number of benzene rings is 2. The highest BCUT2D eigenvalue weighted by Gasteiger charge is 2.16. The number of halogens is 2. The maximum absolute atomic E-state index is 13.0. The number of nitrogens with zero attached hydrogens (tertiary/aromatic N) is 1. The Kier molecular flexibility index (Phi) is 4.01. The molecule has 0 spiro atoms. The van der Waals surface area contributed by atoms with Gasteiger partial charge in [0.2, 0.25) is 0 Å². The summed E-state index contributed by atoms with van der Waals surface area (Å²) in [6, 6.07) is 12.4. The molecule has 0 bridgehead atoms. The van der Waals surface area contributed by atoms with E-state index in [0.29, 0.717) is 26.5 Å². The Morgan fingerprint density at radius 3 is 2.58 bits per heavy atom. The zero-order valence-corrected chi connectivity index (χ0v) is 15.1. The molecule has 26 heavy (non-hydrogen) atoms. The summed E-state index contributed by atoms with van der Waals surface area (Å²) in [6.07, 6.45) is 0. The fourth-order valence-electron chi connectivity index (χ4n) is 2.85. The van der Waals surface area contributed by atoms with E-state index in [4.69, 9.17) is 11.6 Å². The van der Waals surface area contributed by atoms with Gasteiger partial charge < -0.3 is 9.88 Å². The van der Waals surface area contributed by atoms with Crippen LogP contribution in [0.3, 0.4) is 0 Å². The summed E-state index contributed by atoms with van der Waals surface area (Å²) in [5, 5.41) is 4.59. The standard InChI is InChI=1S/C19H12ClFN2O2S/c1-23-15-8-10(20)2-7-13(15)17-14(19(23)25)9-16(26-17)18(24)22-12-5-3-11(21)4-6-12/h2-9H,1H3,(H,22,24). The Hall–Kier alpha value is -2.70. The molecule has 0 saturated heterocycles. The molecule has 0 saturated carbocycles. The van der Waals surface area contributed by atoms with Crippen molar-refractivity contribution in [2.45, 2.75) is 0 Å². The minimum atomic E-state index is -0.376. The van der Waals surface area contributed by atoms with Crippen molar-refractivity contribution in [2.24, 2.45) is 7.05 Å². The summed E-state index contributed by atoms with van der Waals surface area (Å²) in [5.41, 5.74) is 1.01. The first-order chi connectivity index (χ1) is 12.4. The number of amides is 1. The number of thiophene rings is 1. The lowest BCUT2D eigenvalue weighted by molar-refractivity contribution is 0.103. The molecule has 0 aliphatic heterocycles. The maximum atomic E-state index is 13.0. The fourth-order valence-corrected chi connectivity index (χ4v) is 4.10. The molecular formula is C19H12ClFN2O2S. The van der Waals surface area contributed by atoms with Crippen molar-refractivity contribution in [3.8, 4) is 0 Å². The van der Waals surface area contributed by atoms with E-state index in [9.17, 15) is 14.0 Å². The monoisotopic (exact) mass is 386 g/mol. The predicted molar refractivity (Wildman–Crippen MR) is 104 cm³/mol. The van der Waals surface area contributed by atoms with Crippen LogP contribution in [0.5, 0.6) is 0 Å². The number of pyridine rings is 1. The molecule has 4 nitrogen and oxygen atoms in total. The Morgan fingerprint density at radius 1 is 1.12 bits per heavy atom. The lowest BCUT2D eigenvalue weighted by Crippen LogP contribution is -2.16. The van der Waals surface area contributed by atoms with Crippen molar-refractivity contribution >= 4 is 55.5 Å². The van der Waals surface area contributed by atoms with Crippen LogP contribution in [0.15, 0.2) is 53.3 Å². The summed E-state index contributed by atoms with van der Waals surface area (Å²) in [6.45, 7) is 0. The molecule has 130 valence electrons. The second-order valence-electron chi connectivity index (χ2n) is 5.84. The third-order valence-electron chi connectivity index (χ3n) is 4.16. The minimum Gasteiger partial charge on any atom is -0.321 e. The van der Waals surface area contributed by atoms with Crippen LogP contribution in [0.1, 0.15) is 9.67 Å². The van der Waals surface area contributed by atoms with Crippen LogP contribution < -0.4 is 10.9 Å². The van der Waals surface area contributed by atoms with Gasteiger partial charge in [0.05, 0.1) is 15.8 Å². The fraction of sp³-hybridized carbons (Fsp3) is 0.0526. The maximum Gasteiger partial charge on any atom is 0.265 e. The van der Waals surface area contributed by atoms with Crippen molar-refractivity contribution in [1.82, 2.24) is 4.57 Å². The van der Waals surface area contributed by atoms with E-state index >= 15 is 0 Å². The van der Waals surface area contributed by atoms with Gasteiger partial charge in [0, 0.05) is 27.8 Å². The molecule has 0 radical (unpaired) electrons. The zero-order valence-electron chi connectivity index (χ0n) is 13.5. The van der Waals surface area contributed by atoms with Gasteiger partial charge in [-0.15, -0.1) is 11.3 Å². The highest BCUT2D eigenvalue weighted by atomic mass is 35.5. The summed E-state index contributed by atoms with van der Waals surface area (Å²) >= 11 is 7.29. The highest BCUT2D eigenvalue weighted by molar-refractivity contribution is 7.21. The third kappa shape index (κ3) is 2.77. The SMILES string of the molecule is Cn1c(=O)c2cc(C(=O)Nc3ccc(F)cc3)sc2c2ccc(Cl)cc21. The van der Waals surface area contributed by atoms with Gasteiger partial charge in [-0.1, -0.05) is 11.6 Å². The number of fused-ring (bicyclic) bond motifs is 3. The summed E-state index contributed by atoms with van der Waals surface area (Å²) in [7, 11) is 1.68. The topological polar surface area (TPSA) is 51.1 Å². The van der Waals surface area contributed by atoms with Crippen LogP contribution in [-0.4, -0.2) is 10.5 Å². The van der Waals surface area contributed by atoms with Crippen LogP contribution in [0.25, 0.3) is 21.0 Å². The first-order valence-corrected chi connectivity index (χ1v) is 8.92. The molecular weight excluding hydrogens is 375 g/mol. The van der Waals surface area contributed by atoms with Crippen LogP contribution in [0, 0.1) is 5.82 Å². The van der Waals surface area contributed by atoms with Gasteiger partial charge in [0.25, 0.3) is 11.5 Å². The molecule has 0 atom stereocenters. The average molecular weight is 387 g/mol. The van der Waals surface area contributed by atoms with Gasteiger partial charge in [0.15, 0.2) is 0 Å². The van der Waals surface area contributed by atoms with E-state index < -0.39 is 0 Å². The summed E-state index contributed by atoms with van der Waals surface area (Å²) in [5.74, 6) is -0.722. The van der Waals surface area contributed by atoms with Crippen molar-refractivity contribution < 1.29 is 9.18 Å². The Bertz CT molecular complexity index is 1230. The van der Waals surface area contributed by atoms with Crippen molar-refractivity contribution in [2.75, 3.05) is 5.32 Å². The van der Waals surface area contributed by atoms with Crippen LogP contribution in [0.2, 0.25) is 5.02 Å². The normalized spacial score (nSPS) is 11.2. The Labute approximate surface area is 156 Å². The second-order valence-corrected chi connectivity index (χ2v) is 7.33. The molecule has 0 fully saturated rings. The van der Waals surface area contributed by atoms with Gasteiger partial charge in [-0.3, -0.25) is 9.59 Å². The Morgan fingerprint density at radius 2 is 1.85 bits per heavy atom. The third-order valence-corrected chi connectivity index (χ3v) is 5.56. The van der Waals surface area contributed by atoms with E-state index in [-0.39, 0.29) is 17.3 Å². The van der Waals surface area contributed by atoms with Crippen LogP contribution in [-0.2, 0) is 7.05 Å². The second kappa shape index (κ2) is 6.23. The summed E-state index contributed by atoms with van der Waals surface area (Å²) in [4.78, 5) is 25.6. The molecule has 7 heteroatoms. The van der Waals surface area contributed by atoms with E-state index in [0.717, 1.165) is 10.1 Å². The largest absolute Gasteiger partial charge is 0.321 e. The number of nitrogens with one attached hydrogen (secondary N) is 1. The molecule has 2 heterocycles. The summed E-state index contributed by atoms with van der Waals surface area (Å²) < 4.78 is 15.3. The van der Waals surface area contributed by atoms with E-state index in [1.807, 2.05) is 6.07 Å². The van der Waals surface area contributed by atoms with Gasteiger partial charge in [0.1, 0.15) is 5.82 Å². The number of carbonyl (C=O) groups excluding carboxylic acids is 1. The number of aryl methyl sites for hydroxylation is 1. The molecule has 1 N–H and O–H groups in total. The molecule has 0 aliphatic carbocycles. The Balaban J connectivity index is 1.83. The minimum absolute atomic E-state index is 0.188. The average Bonchev–Trinajstić information content (AvgIpc) is 3.07. The first-order valence-electron chi connectivity index (χ1n) is 7.73. The number of aromatic nitrogens is 1. The number of anilines is 1. The van der Waals surface area contributed by atoms with Crippen molar-refractivity contribution in [3.63, 3.8) is 0 Å². The molecule has 2 aromatic heterocycles. The van der Waals surface area contributed by atoms with Crippen LogP contribution >= 0.6 is 22.9 Å². The smallest absolute Gasteiger partial charge is 0.265 e. The van der Waals surface area contributed by atoms with Crippen LogP contribution in [0.4, 0.5) is 10.1 Å². The molecule has 1 amide bonds. The van der Waals surface area contributed by atoms with E-state index in [2.05, 4.69) is 5.32 Å². The molecule has 0 unspecified atom stereocenters. The molecule has 0 aliphatic rings. The van der Waals surface area contributed by atoms with Gasteiger partial charge in [-0.2, -0.15) is 0 Å². The molecule has 4 rings (SSSR count). The van der Waals surface area contributed by atoms with Crippen molar-refractivity contribution in [1.29, 1.82) is 0 Å². The van der Waals surface area contributed by atoms with Crippen molar-refractivity contribution in [3.05, 3.63) is 74.6 Å². The van der Waals surface area contributed by atoms with E-state index in [1.165, 1.54) is 40.2 Å². The van der Waals surface area contributed by atoms with Gasteiger partial charge in [-0.05, 0) is 48.5 Å². The quantitative estimate of drug-likeness (QED) is 0.538. The predicted octanol–water partition coefficient (Wildman–Crippen LogP) is 4.80. The zero-order chi connectivity index (χ0) is 18.4. The number of rotatable bonds is 2. The van der Waals surface area contributed by atoms with Gasteiger partial charge >= 0.3 is 0 Å². The molecule has 2 aromatic carbocycles. The van der Waals surface area contributed by atoms with E-state index in [1.54, 1.807) is 25.2 Å². The number of carbonyl (C=O) groups is 1. The first kappa shape index (κ1) is 16.8. The lowest BCUT2D eigenvalue weighted by Gasteiger charge is -2.06. The lowest BCUT2D eigenvalue weighted by atomic mass is 10.1. The van der Waals surface area contributed by atoms with Gasteiger partial charge in [-0.25, -0.2) is 4.39 Å². The highest BCUT2D eigenvalue weighted by Crippen LogP contribution is 2.32. The number of hydrogen-bond donors (Lipinski definition) is 1. The number of hydrogen-bond acceptors (Lipinski definition) is 3.